The molecule has 0 fully saturated rings. The van der Waals surface area contributed by atoms with Gasteiger partial charge in [-0.15, -0.1) is 0 Å². The number of hydrogen-bond acceptors (Lipinski definition) is 4. The van der Waals surface area contributed by atoms with Gasteiger partial charge in [0.15, 0.2) is 0 Å². The Morgan fingerprint density at radius 3 is 3.06 bits per heavy atom. The van der Waals surface area contributed by atoms with Gasteiger partial charge in [-0.1, -0.05) is 6.07 Å². The van der Waals surface area contributed by atoms with E-state index < -0.39 is 6.04 Å². The number of imidazole rings is 1. The van der Waals surface area contributed by atoms with Crippen molar-refractivity contribution >= 4 is 0 Å². The Morgan fingerprint density at radius 1 is 1.50 bits per heavy atom. The van der Waals surface area contributed by atoms with Crippen molar-refractivity contribution < 1.29 is 9.84 Å². The number of nitrogens with zero attached hydrogens (tertiary/aromatic N) is 2. The average molecular weight is 247 g/mol. The maximum absolute atomic E-state index is 9.13. The molecule has 3 N–H and O–H groups in total. The molecule has 0 amide bonds. The van der Waals surface area contributed by atoms with Crippen LogP contribution in [-0.4, -0.2) is 27.9 Å². The molecule has 2 aromatic rings. The Morgan fingerprint density at radius 2 is 2.33 bits per heavy atom. The maximum atomic E-state index is 9.13. The maximum Gasteiger partial charge on any atom is 0.121 e. The molecule has 1 aromatic carbocycles. The van der Waals surface area contributed by atoms with E-state index in [0.29, 0.717) is 6.61 Å². The minimum Gasteiger partial charge on any atom is -0.494 e. The van der Waals surface area contributed by atoms with E-state index in [4.69, 9.17) is 15.6 Å². The standard InChI is InChI=1S/C13H17N3O2/c1-2-18-11-5-3-4-10(6-11)16-9-15-7-13(16)12(14)8-17/h3-7,9,12,17H,2,8,14H2,1H3. The van der Waals surface area contributed by atoms with Crippen LogP contribution >= 0.6 is 0 Å². The Balaban J connectivity index is 2.36. The van der Waals surface area contributed by atoms with Crippen LogP contribution in [0.5, 0.6) is 5.75 Å². The molecule has 1 atom stereocenters. The van der Waals surface area contributed by atoms with Crippen LogP contribution in [-0.2, 0) is 0 Å². The van der Waals surface area contributed by atoms with Crippen LogP contribution in [0.3, 0.4) is 0 Å². The molecule has 0 saturated carbocycles. The van der Waals surface area contributed by atoms with E-state index in [1.165, 1.54) is 0 Å². The lowest BCUT2D eigenvalue weighted by atomic mass is 10.2. The van der Waals surface area contributed by atoms with Crippen molar-refractivity contribution in [1.29, 1.82) is 0 Å². The van der Waals surface area contributed by atoms with Crippen LogP contribution < -0.4 is 10.5 Å². The van der Waals surface area contributed by atoms with E-state index in [0.717, 1.165) is 17.1 Å². The van der Waals surface area contributed by atoms with E-state index in [-0.39, 0.29) is 6.61 Å². The molecule has 1 unspecified atom stereocenters. The van der Waals surface area contributed by atoms with Crippen LogP contribution in [0.25, 0.3) is 5.69 Å². The zero-order valence-electron chi connectivity index (χ0n) is 10.3. The van der Waals surface area contributed by atoms with E-state index >= 15 is 0 Å². The van der Waals surface area contributed by atoms with Crippen LogP contribution in [0.4, 0.5) is 0 Å². The molecular weight excluding hydrogens is 230 g/mol. The van der Waals surface area contributed by atoms with Crippen molar-refractivity contribution in [3.8, 4) is 11.4 Å². The molecule has 0 aliphatic heterocycles. The summed E-state index contributed by atoms with van der Waals surface area (Å²) < 4.78 is 7.31. The van der Waals surface area contributed by atoms with Crippen LogP contribution in [0.15, 0.2) is 36.8 Å². The van der Waals surface area contributed by atoms with Crippen LogP contribution in [0.1, 0.15) is 18.7 Å². The Kier molecular flexibility index (Phi) is 3.96. The number of rotatable bonds is 5. The zero-order valence-corrected chi connectivity index (χ0v) is 10.3. The summed E-state index contributed by atoms with van der Waals surface area (Å²) in [5.41, 5.74) is 7.52. The topological polar surface area (TPSA) is 73.3 Å². The smallest absolute Gasteiger partial charge is 0.121 e. The van der Waals surface area contributed by atoms with Crippen molar-refractivity contribution in [2.45, 2.75) is 13.0 Å². The fourth-order valence-electron chi connectivity index (χ4n) is 1.78. The Hall–Kier alpha value is -1.85. The molecule has 0 aliphatic carbocycles. The summed E-state index contributed by atoms with van der Waals surface area (Å²) in [4.78, 5) is 4.07. The fourth-order valence-corrected chi connectivity index (χ4v) is 1.78. The molecule has 5 heteroatoms. The first-order chi connectivity index (χ1) is 8.76. The first-order valence-electron chi connectivity index (χ1n) is 5.88. The van der Waals surface area contributed by atoms with Crippen molar-refractivity contribution in [3.05, 3.63) is 42.5 Å². The molecule has 0 spiro atoms. The van der Waals surface area contributed by atoms with E-state index in [1.54, 1.807) is 12.5 Å². The number of aliphatic hydroxyl groups is 1. The molecule has 0 bridgehead atoms. The van der Waals surface area contributed by atoms with Gasteiger partial charge in [0, 0.05) is 6.07 Å². The zero-order chi connectivity index (χ0) is 13.0. The Labute approximate surface area is 106 Å². The van der Waals surface area contributed by atoms with Gasteiger partial charge < -0.3 is 20.1 Å². The van der Waals surface area contributed by atoms with E-state index in [9.17, 15) is 0 Å². The molecule has 0 saturated heterocycles. The monoisotopic (exact) mass is 247 g/mol. The molecule has 1 heterocycles. The second kappa shape index (κ2) is 5.66. The van der Waals surface area contributed by atoms with Gasteiger partial charge in [0.25, 0.3) is 0 Å². The van der Waals surface area contributed by atoms with Gasteiger partial charge in [0.1, 0.15) is 5.75 Å². The van der Waals surface area contributed by atoms with Crippen molar-refractivity contribution in [2.75, 3.05) is 13.2 Å². The highest BCUT2D eigenvalue weighted by molar-refractivity contribution is 5.40. The number of benzene rings is 1. The summed E-state index contributed by atoms with van der Waals surface area (Å²) in [5.74, 6) is 0.798. The van der Waals surface area contributed by atoms with Crippen molar-refractivity contribution in [2.24, 2.45) is 5.73 Å². The van der Waals surface area contributed by atoms with Crippen molar-refractivity contribution in [1.82, 2.24) is 9.55 Å². The third kappa shape index (κ3) is 2.52. The van der Waals surface area contributed by atoms with Crippen LogP contribution in [0.2, 0.25) is 0 Å². The highest BCUT2D eigenvalue weighted by Gasteiger charge is 2.11. The lowest BCUT2D eigenvalue weighted by molar-refractivity contribution is 0.265. The molecule has 0 aliphatic rings. The van der Waals surface area contributed by atoms with E-state index in [2.05, 4.69) is 4.98 Å². The summed E-state index contributed by atoms with van der Waals surface area (Å²) in [5, 5.41) is 9.13. The minimum absolute atomic E-state index is 0.114. The van der Waals surface area contributed by atoms with Crippen LogP contribution in [0, 0.1) is 0 Å². The third-order valence-electron chi connectivity index (χ3n) is 2.65. The molecule has 96 valence electrons. The number of aliphatic hydroxyl groups excluding tert-OH is 1. The quantitative estimate of drug-likeness (QED) is 0.834. The second-order valence-electron chi connectivity index (χ2n) is 3.91. The van der Waals surface area contributed by atoms with Gasteiger partial charge in [-0.2, -0.15) is 0 Å². The molecule has 18 heavy (non-hydrogen) atoms. The molecule has 1 aromatic heterocycles. The third-order valence-corrected chi connectivity index (χ3v) is 2.65. The molecule has 2 rings (SSSR count). The number of nitrogens with two attached hydrogens (primary N) is 1. The van der Waals surface area contributed by atoms with Gasteiger partial charge >= 0.3 is 0 Å². The largest absolute Gasteiger partial charge is 0.494 e. The second-order valence-corrected chi connectivity index (χ2v) is 3.91. The van der Waals surface area contributed by atoms with Gasteiger partial charge in [-0.3, -0.25) is 0 Å². The minimum atomic E-state index is -0.441. The Bertz CT molecular complexity index is 510. The predicted molar refractivity (Wildman–Crippen MR) is 68.7 cm³/mol. The summed E-state index contributed by atoms with van der Waals surface area (Å²) in [6.45, 7) is 2.45. The lowest BCUT2D eigenvalue weighted by Gasteiger charge is -2.13. The first-order valence-corrected chi connectivity index (χ1v) is 5.88. The lowest BCUT2D eigenvalue weighted by Crippen LogP contribution is -2.18. The summed E-state index contributed by atoms with van der Waals surface area (Å²) in [6, 6.07) is 7.23. The van der Waals surface area contributed by atoms with Gasteiger partial charge in [-0.25, -0.2) is 4.98 Å². The van der Waals surface area contributed by atoms with Gasteiger partial charge in [0.05, 0.1) is 43.2 Å². The SMILES string of the molecule is CCOc1cccc(-n2cncc2C(N)CO)c1. The summed E-state index contributed by atoms with van der Waals surface area (Å²) >= 11 is 0. The first kappa shape index (κ1) is 12.6. The summed E-state index contributed by atoms with van der Waals surface area (Å²) in [7, 11) is 0. The number of aromatic nitrogens is 2. The highest BCUT2D eigenvalue weighted by atomic mass is 16.5. The molecule has 5 nitrogen and oxygen atoms in total. The highest BCUT2D eigenvalue weighted by Crippen LogP contribution is 2.20. The number of ether oxygens (including phenoxy) is 1. The fraction of sp³-hybridized carbons (Fsp3) is 0.308. The normalized spacial score (nSPS) is 12.4. The van der Waals surface area contributed by atoms with Crippen molar-refractivity contribution in [3.63, 3.8) is 0 Å². The average Bonchev–Trinajstić information content (AvgIpc) is 2.88. The molecular formula is C13H17N3O2. The van der Waals surface area contributed by atoms with E-state index in [1.807, 2.05) is 35.8 Å². The van der Waals surface area contributed by atoms with Gasteiger partial charge in [-0.05, 0) is 19.1 Å². The van der Waals surface area contributed by atoms with Gasteiger partial charge in [0.2, 0.25) is 0 Å². The molecule has 0 radical (unpaired) electrons. The number of hydrogen-bond donors (Lipinski definition) is 2. The summed E-state index contributed by atoms with van der Waals surface area (Å²) in [6.07, 6.45) is 3.34. The predicted octanol–water partition coefficient (Wildman–Crippen LogP) is 1.26.